The fourth-order valence-corrected chi connectivity index (χ4v) is 6.06. The van der Waals surface area contributed by atoms with Gasteiger partial charge < -0.3 is 19.1 Å². The topological polar surface area (TPSA) is 60.9 Å². The Morgan fingerprint density at radius 1 is 1.03 bits per heavy atom. The number of para-hydroxylation sites is 1. The van der Waals surface area contributed by atoms with Crippen molar-refractivity contribution in [2.24, 2.45) is 11.8 Å². The third kappa shape index (κ3) is 4.76. The van der Waals surface area contributed by atoms with Crippen molar-refractivity contribution in [1.82, 2.24) is 9.88 Å². The van der Waals surface area contributed by atoms with Gasteiger partial charge in [0.05, 0.1) is 37.1 Å². The number of amides is 1. The van der Waals surface area contributed by atoms with Crippen molar-refractivity contribution < 1.29 is 19.0 Å². The van der Waals surface area contributed by atoms with Gasteiger partial charge in [0.25, 0.3) is 5.91 Å². The molecule has 6 nitrogen and oxygen atoms in total. The Kier molecular flexibility index (Phi) is 6.70. The van der Waals surface area contributed by atoms with Crippen LogP contribution in [0.2, 0.25) is 0 Å². The smallest absolute Gasteiger partial charge is 0.254 e. The number of fused-ring (bicyclic) bond motifs is 2. The Bertz CT molecular complexity index is 1320. The maximum Gasteiger partial charge on any atom is 0.254 e. The van der Waals surface area contributed by atoms with E-state index in [-0.39, 0.29) is 12.2 Å². The summed E-state index contributed by atoms with van der Waals surface area (Å²) in [6.45, 7) is 5.05. The van der Waals surface area contributed by atoms with E-state index in [4.69, 9.17) is 19.2 Å². The second-order valence-electron chi connectivity index (χ2n) is 10.5. The summed E-state index contributed by atoms with van der Waals surface area (Å²) in [5, 5.41) is 0.953. The maximum atomic E-state index is 14.2. The van der Waals surface area contributed by atoms with Crippen LogP contribution in [0.5, 0.6) is 5.75 Å². The summed E-state index contributed by atoms with van der Waals surface area (Å²) in [6, 6.07) is 16.2. The van der Waals surface area contributed by atoms with Crippen LogP contribution in [-0.4, -0.2) is 55.5 Å². The lowest BCUT2D eigenvalue weighted by molar-refractivity contribution is -0.0956. The number of ether oxygens (including phenoxy) is 3. The first kappa shape index (κ1) is 24.1. The van der Waals surface area contributed by atoms with Gasteiger partial charge in [-0.05, 0) is 72.6 Å². The molecule has 6 rings (SSSR count). The van der Waals surface area contributed by atoms with Crippen LogP contribution in [-0.2, 0) is 15.9 Å². The van der Waals surface area contributed by atoms with Crippen molar-refractivity contribution in [3.63, 3.8) is 0 Å². The van der Waals surface area contributed by atoms with Gasteiger partial charge in [0.15, 0.2) is 6.29 Å². The third-order valence-electron chi connectivity index (χ3n) is 7.95. The minimum atomic E-state index is -0.113. The number of allylic oxidation sites excluding steroid dienone is 1. The molecule has 0 bridgehead atoms. The second-order valence-corrected chi connectivity index (χ2v) is 10.5. The first-order valence-electron chi connectivity index (χ1n) is 13.4. The molecule has 37 heavy (non-hydrogen) atoms. The molecule has 6 heteroatoms. The van der Waals surface area contributed by atoms with Gasteiger partial charge in [-0.1, -0.05) is 37.3 Å². The van der Waals surface area contributed by atoms with Gasteiger partial charge in [-0.25, -0.2) is 4.98 Å². The van der Waals surface area contributed by atoms with Crippen LogP contribution >= 0.6 is 0 Å². The zero-order valence-corrected chi connectivity index (χ0v) is 21.6. The monoisotopic (exact) mass is 498 g/mol. The summed E-state index contributed by atoms with van der Waals surface area (Å²) in [4.78, 5) is 21.3. The van der Waals surface area contributed by atoms with E-state index in [9.17, 15) is 4.79 Å². The highest BCUT2D eigenvalue weighted by atomic mass is 16.7. The number of aromatic nitrogens is 1. The van der Waals surface area contributed by atoms with E-state index in [2.05, 4.69) is 31.2 Å². The lowest BCUT2D eigenvalue weighted by Gasteiger charge is -2.35. The molecule has 1 amide bonds. The standard InChI is InChI=1S/C31H34N2O4/c1-20-17-23(19-21-7-9-24(35-2)10-8-21)29-26(18-20)28(25-5-3-4-6-27(25)32-29)30(34)33-13-11-22(12-14-33)31-36-15-16-37-31/h3-10,19-20,22,31H,11-18H2,1-2H3/b23-19+. The lowest BCUT2D eigenvalue weighted by atomic mass is 9.80. The molecule has 0 radical (unpaired) electrons. The summed E-state index contributed by atoms with van der Waals surface area (Å²) in [5.41, 5.74) is 6.07. The number of nitrogens with zero attached hydrogens (tertiary/aromatic N) is 2. The number of pyridine rings is 1. The van der Waals surface area contributed by atoms with Crippen molar-refractivity contribution in [2.45, 2.75) is 38.9 Å². The quantitative estimate of drug-likeness (QED) is 0.469. The molecule has 0 saturated carbocycles. The Morgan fingerprint density at radius 2 is 1.76 bits per heavy atom. The summed E-state index contributed by atoms with van der Waals surface area (Å²) in [7, 11) is 1.68. The summed E-state index contributed by atoms with van der Waals surface area (Å²) < 4.78 is 16.8. The molecule has 1 unspecified atom stereocenters. The predicted octanol–water partition coefficient (Wildman–Crippen LogP) is 5.59. The molecule has 1 aromatic heterocycles. The molecule has 2 saturated heterocycles. The highest BCUT2D eigenvalue weighted by molar-refractivity contribution is 6.09. The Labute approximate surface area is 218 Å². The number of methoxy groups -OCH3 is 1. The first-order valence-corrected chi connectivity index (χ1v) is 13.4. The van der Waals surface area contributed by atoms with Crippen molar-refractivity contribution in [1.29, 1.82) is 0 Å². The van der Waals surface area contributed by atoms with Crippen LogP contribution in [0.4, 0.5) is 0 Å². The molecule has 3 aromatic rings. The maximum absolute atomic E-state index is 14.2. The normalized spacial score (nSPS) is 21.9. The zero-order chi connectivity index (χ0) is 25.4. The van der Waals surface area contributed by atoms with E-state index in [1.54, 1.807) is 7.11 Å². The van der Waals surface area contributed by atoms with Gasteiger partial charge in [-0.15, -0.1) is 0 Å². The van der Waals surface area contributed by atoms with Crippen LogP contribution in [0.3, 0.4) is 0 Å². The average molecular weight is 499 g/mol. The minimum Gasteiger partial charge on any atom is -0.497 e. The number of hydrogen-bond donors (Lipinski definition) is 0. The molecule has 1 atom stereocenters. The molecular formula is C31H34N2O4. The molecule has 3 aliphatic rings. The number of carbonyl (C=O) groups excluding carboxylic acids is 1. The van der Waals surface area contributed by atoms with Gasteiger partial charge in [0.1, 0.15) is 5.75 Å². The number of likely N-dealkylation sites (tertiary alicyclic amines) is 1. The fourth-order valence-electron chi connectivity index (χ4n) is 6.06. The molecule has 192 valence electrons. The van der Waals surface area contributed by atoms with Gasteiger partial charge in [-0.2, -0.15) is 0 Å². The van der Waals surface area contributed by atoms with E-state index in [1.165, 1.54) is 5.57 Å². The molecular weight excluding hydrogens is 464 g/mol. The minimum absolute atomic E-state index is 0.113. The third-order valence-corrected chi connectivity index (χ3v) is 7.95. The Hall–Kier alpha value is -3.22. The summed E-state index contributed by atoms with van der Waals surface area (Å²) in [6.07, 6.45) is 5.70. The van der Waals surface area contributed by atoms with Gasteiger partial charge in [0, 0.05) is 24.4 Å². The van der Waals surface area contributed by atoms with E-state index >= 15 is 0 Å². The van der Waals surface area contributed by atoms with Crippen LogP contribution in [0.15, 0.2) is 48.5 Å². The SMILES string of the molecule is COc1ccc(/C=C2\CC(C)Cc3c2nc2ccccc2c3C(=O)N2CCC(C3OCCO3)CC2)cc1. The number of piperidine rings is 1. The molecule has 0 spiro atoms. The van der Waals surface area contributed by atoms with Crippen LogP contribution in [0.1, 0.15) is 53.4 Å². The molecule has 0 N–H and O–H groups in total. The number of hydrogen-bond acceptors (Lipinski definition) is 5. The molecule has 2 aromatic carbocycles. The summed E-state index contributed by atoms with van der Waals surface area (Å²) >= 11 is 0. The first-order chi connectivity index (χ1) is 18.1. The van der Waals surface area contributed by atoms with Gasteiger partial charge in [-0.3, -0.25) is 4.79 Å². The van der Waals surface area contributed by atoms with Crippen LogP contribution in [0, 0.1) is 11.8 Å². The number of carbonyl (C=O) groups is 1. The molecule has 1 aliphatic carbocycles. The zero-order valence-electron chi connectivity index (χ0n) is 21.6. The van der Waals surface area contributed by atoms with Crippen molar-refractivity contribution in [2.75, 3.05) is 33.4 Å². The number of rotatable bonds is 4. The Balaban J connectivity index is 1.37. The summed E-state index contributed by atoms with van der Waals surface area (Å²) in [5.74, 6) is 1.74. The van der Waals surface area contributed by atoms with Crippen LogP contribution < -0.4 is 4.74 Å². The van der Waals surface area contributed by atoms with Crippen LogP contribution in [0.25, 0.3) is 22.6 Å². The fraction of sp³-hybridized carbons (Fsp3) is 0.419. The highest BCUT2D eigenvalue weighted by Crippen LogP contribution is 2.39. The predicted molar refractivity (Wildman–Crippen MR) is 144 cm³/mol. The second kappa shape index (κ2) is 10.3. The van der Waals surface area contributed by atoms with Crippen molar-refractivity contribution in [3.8, 4) is 5.75 Å². The molecule has 2 aliphatic heterocycles. The van der Waals surface area contributed by atoms with E-state index < -0.39 is 0 Å². The largest absolute Gasteiger partial charge is 0.497 e. The number of benzene rings is 2. The average Bonchev–Trinajstić information content (AvgIpc) is 3.47. The van der Waals surface area contributed by atoms with Gasteiger partial charge in [0.2, 0.25) is 0 Å². The molecule has 3 heterocycles. The van der Waals surface area contributed by atoms with Crippen molar-refractivity contribution in [3.05, 3.63) is 70.9 Å². The highest BCUT2D eigenvalue weighted by Gasteiger charge is 2.34. The van der Waals surface area contributed by atoms with Gasteiger partial charge >= 0.3 is 0 Å². The van der Waals surface area contributed by atoms with E-state index in [1.807, 2.05) is 35.2 Å². The molecule has 2 fully saturated rings. The van der Waals surface area contributed by atoms with E-state index in [0.717, 1.165) is 77.8 Å². The Morgan fingerprint density at radius 3 is 2.49 bits per heavy atom. The lowest BCUT2D eigenvalue weighted by Crippen LogP contribution is -2.42. The van der Waals surface area contributed by atoms with E-state index in [0.29, 0.717) is 25.0 Å². The van der Waals surface area contributed by atoms with Crippen molar-refractivity contribution >= 4 is 28.5 Å².